The van der Waals surface area contributed by atoms with E-state index in [0.29, 0.717) is 23.7 Å². The van der Waals surface area contributed by atoms with Gasteiger partial charge in [0, 0.05) is 13.5 Å². The van der Waals surface area contributed by atoms with E-state index < -0.39 is 0 Å². The van der Waals surface area contributed by atoms with Crippen LogP contribution in [0.2, 0.25) is 5.02 Å². The monoisotopic (exact) mass is 358 g/mol. The third kappa shape index (κ3) is 5.61. The molecule has 5 heteroatoms. The maximum atomic E-state index is 12.4. The summed E-state index contributed by atoms with van der Waals surface area (Å²) in [5, 5.41) is 3.33. The van der Waals surface area contributed by atoms with Crippen LogP contribution in [0.5, 0.6) is 0 Å². The fraction of sp³-hybridized carbons (Fsp3) is 0.300. The van der Waals surface area contributed by atoms with E-state index in [-0.39, 0.29) is 18.4 Å². The average Bonchev–Trinajstić information content (AvgIpc) is 2.55. The molecule has 0 fully saturated rings. The first-order chi connectivity index (χ1) is 11.9. The molecule has 0 aliphatic carbocycles. The molecule has 2 aromatic carbocycles. The zero-order chi connectivity index (χ0) is 18.4. The number of carbonyl (C=O) groups is 2. The van der Waals surface area contributed by atoms with E-state index >= 15 is 0 Å². The lowest BCUT2D eigenvalue weighted by molar-refractivity contribution is -0.132. The molecule has 1 N–H and O–H groups in total. The summed E-state index contributed by atoms with van der Waals surface area (Å²) < 4.78 is 0. The molecule has 2 aromatic rings. The van der Waals surface area contributed by atoms with Gasteiger partial charge in [0.15, 0.2) is 0 Å². The molecule has 0 heterocycles. The Labute approximate surface area is 153 Å². The molecule has 0 saturated carbocycles. The Morgan fingerprint density at radius 1 is 1.12 bits per heavy atom. The summed E-state index contributed by atoms with van der Waals surface area (Å²) in [6.45, 7) is 5.82. The Balaban J connectivity index is 2.00. The summed E-state index contributed by atoms with van der Waals surface area (Å²) in [5.41, 5.74) is 3.67. The predicted molar refractivity (Wildman–Crippen MR) is 102 cm³/mol. The van der Waals surface area contributed by atoms with Crippen LogP contribution >= 0.6 is 11.6 Å². The molecule has 0 radical (unpaired) electrons. The number of anilines is 1. The lowest BCUT2D eigenvalue weighted by Gasteiger charge is -2.21. The van der Waals surface area contributed by atoms with Crippen LogP contribution in [-0.2, 0) is 16.0 Å². The van der Waals surface area contributed by atoms with Gasteiger partial charge in [-0.3, -0.25) is 9.59 Å². The summed E-state index contributed by atoms with van der Waals surface area (Å²) in [4.78, 5) is 25.8. The van der Waals surface area contributed by atoms with Crippen LogP contribution in [-0.4, -0.2) is 29.8 Å². The summed E-state index contributed by atoms with van der Waals surface area (Å²) in [7, 11) is 0. The Morgan fingerprint density at radius 3 is 2.40 bits per heavy atom. The van der Waals surface area contributed by atoms with E-state index in [0.717, 1.165) is 16.7 Å². The van der Waals surface area contributed by atoms with Gasteiger partial charge in [0.05, 0.1) is 17.3 Å². The van der Waals surface area contributed by atoms with Crippen molar-refractivity contribution in [2.24, 2.45) is 0 Å². The second kappa shape index (κ2) is 8.67. The molecule has 25 heavy (non-hydrogen) atoms. The van der Waals surface area contributed by atoms with Gasteiger partial charge < -0.3 is 10.2 Å². The Kier molecular flexibility index (Phi) is 6.59. The number of amides is 2. The molecule has 2 rings (SSSR count). The molecule has 0 unspecified atom stereocenters. The summed E-state index contributed by atoms with van der Waals surface area (Å²) in [6.07, 6.45) is 0.706. The molecular weight excluding hydrogens is 336 g/mol. The smallest absolute Gasteiger partial charge is 0.244 e. The van der Waals surface area contributed by atoms with Crippen LogP contribution in [0.3, 0.4) is 0 Å². The minimum Gasteiger partial charge on any atom is -0.333 e. The van der Waals surface area contributed by atoms with Crippen molar-refractivity contribution in [2.75, 3.05) is 18.4 Å². The largest absolute Gasteiger partial charge is 0.333 e. The third-order valence-electron chi connectivity index (χ3n) is 3.99. The molecule has 0 aliphatic heterocycles. The quantitative estimate of drug-likeness (QED) is 0.848. The van der Waals surface area contributed by atoms with Crippen molar-refractivity contribution in [2.45, 2.75) is 27.2 Å². The van der Waals surface area contributed by atoms with Gasteiger partial charge in [0.1, 0.15) is 0 Å². The first kappa shape index (κ1) is 19.0. The average molecular weight is 359 g/mol. The molecule has 132 valence electrons. The molecule has 0 saturated heterocycles. The zero-order valence-electron chi connectivity index (χ0n) is 14.8. The number of halogens is 1. The highest BCUT2D eigenvalue weighted by molar-refractivity contribution is 6.34. The minimum atomic E-state index is -0.253. The number of hydrogen-bond donors (Lipinski definition) is 1. The lowest BCUT2D eigenvalue weighted by atomic mass is 10.1. The van der Waals surface area contributed by atoms with Crippen molar-refractivity contribution in [1.82, 2.24) is 4.90 Å². The van der Waals surface area contributed by atoms with Gasteiger partial charge in [-0.2, -0.15) is 0 Å². The molecule has 2 amide bonds. The second-order valence-corrected chi connectivity index (χ2v) is 6.57. The van der Waals surface area contributed by atoms with E-state index in [1.807, 2.05) is 56.3 Å². The second-order valence-electron chi connectivity index (χ2n) is 6.16. The summed E-state index contributed by atoms with van der Waals surface area (Å²) in [5.74, 6) is -0.380. The zero-order valence-corrected chi connectivity index (χ0v) is 15.6. The van der Waals surface area contributed by atoms with Crippen LogP contribution in [0.1, 0.15) is 23.6 Å². The highest BCUT2D eigenvalue weighted by atomic mass is 35.5. The predicted octanol–water partition coefficient (Wildman–Crippen LogP) is 3.99. The van der Waals surface area contributed by atoms with E-state index in [2.05, 4.69) is 5.32 Å². The Hall–Kier alpha value is -2.33. The van der Waals surface area contributed by atoms with Crippen LogP contribution in [0.4, 0.5) is 5.69 Å². The molecule has 0 aromatic heterocycles. The van der Waals surface area contributed by atoms with Gasteiger partial charge in [-0.1, -0.05) is 48.0 Å². The van der Waals surface area contributed by atoms with E-state index in [4.69, 9.17) is 11.6 Å². The van der Waals surface area contributed by atoms with Gasteiger partial charge in [-0.15, -0.1) is 0 Å². The highest BCUT2D eigenvalue weighted by Gasteiger charge is 2.15. The fourth-order valence-electron chi connectivity index (χ4n) is 2.68. The van der Waals surface area contributed by atoms with Crippen LogP contribution in [0.25, 0.3) is 0 Å². The molecule has 0 bridgehead atoms. The number of rotatable bonds is 6. The van der Waals surface area contributed by atoms with Gasteiger partial charge >= 0.3 is 0 Å². The molecular formula is C20H23ClN2O2. The van der Waals surface area contributed by atoms with Crippen molar-refractivity contribution < 1.29 is 9.59 Å². The topological polar surface area (TPSA) is 49.4 Å². The normalized spacial score (nSPS) is 10.4. The summed E-state index contributed by atoms with van der Waals surface area (Å²) >= 11 is 6.22. The van der Waals surface area contributed by atoms with Crippen LogP contribution in [0, 0.1) is 13.8 Å². The maximum Gasteiger partial charge on any atom is 0.244 e. The third-order valence-corrected chi connectivity index (χ3v) is 4.29. The lowest BCUT2D eigenvalue weighted by Crippen LogP contribution is -2.38. The number of hydrogen-bond acceptors (Lipinski definition) is 2. The number of benzene rings is 2. The van der Waals surface area contributed by atoms with Crippen molar-refractivity contribution >= 4 is 29.1 Å². The molecule has 0 aliphatic rings. The van der Waals surface area contributed by atoms with Crippen LogP contribution < -0.4 is 5.32 Å². The Bertz CT molecular complexity index is 737. The van der Waals surface area contributed by atoms with Gasteiger partial charge in [0.2, 0.25) is 11.8 Å². The fourth-order valence-corrected chi connectivity index (χ4v) is 3.05. The van der Waals surface area contributed by atoms with Crippen molar-refractivity contribution in [3.8, 4) is 0 Å². The summed E-state index contributed by atoms with van der Waals surface area (Å²) in [6, 6.07) is 13.7. The first-order valence-corrected chi connectivity index (χ1v) is 8.60. The van der Waals surface area contributed by atoms with Gasteiger partial charge in [0.25, 0.3) is 0 Å². The van der Waals surface area contributed by atoms with E-state index in [1.165, 1.54) is 6.92 Å². The molecule has 4 nitrogen and oxygen atoms in total. The van der Waals surface area contributed by atoms with Crippen LogP contribution in [0.15, 0.2) is 42.5 Å². The first-order valence-electron chi connectivity index (χ1n) is 8.23. The van der Waals surface area contributed by atoms with Gasteiger partial charge in [-0.25, -0.2) is 0 Å². The molecule has 0 atom stereocenters. The van der Waals surface area contributed by atoms with Crippen molar-refractivity contribution in [3.05, 3.63) is 64.2 Å². The SMILES string of the molecule is CC(=O)N(CCc1ccccc1)CC(=O)Nc1c(C)cc(C)cc1Cl. The number of carbonyl (C=O) groups excluding carboxylic acids is 2. The number of aryl methyl sites for hydroxylation is 2. The van der Waals surface area contributed by atoms with Gasteiger partial charge in [-0.05, 0) is 43.0 Å². The van der Waals surface area contributed by atoms with Crippen molar-refractivity contribution in [1.29, 1.82) is 0 Å². The van der Waals surface area contributed by atoms with E-state index in [1.54, 1.807) is 4.90 Å². The minimum absolute atomic E-state index is 0.00577. The number of nitrogens with one attached hydrogen (secondary N) is 1. The molecule has 0 spiro atoms. The Morgan fingerprint density at radius 2 is 1.80 bits per heavy atom. The standard InChI is InChI=1S/C20H23ClN2O2/c1-14-11-15(2)20(18(21)12-14)22-19(25)13-23(16(3)24)10-9-17-7-5-4-6-8-17/h4-8,11-12H,9-10,13H2,1-3H3,(H,22,25). The maximum absolute atomic E-state index is 12.4. The number of nitrogens with zero attached hydrogens (tertiary/aromatic N) is 1. The highest BCUT2D eigenvalue weighted by Crippen LogP contribution is 2.27. The van der Waals surface area contributed by atoms with Crippen molar-refractivity contribution in [3.63, 3.8) is 0 Å². The van der Waals surface area contributed by atoms with E-state index in [9.17, 15) is 9.59 Å².